The lowest BCUT2D eigenvalue weighted by atomic mass is 10.3. The van der Waals surface area contributed by atoms with E-state index in [4.69, 9.17) is 26.6 Å². The Morgan fingerprint density at radius 1 is 1.32 bits per heavy atom. The summed E-state index contributed by atoms with van der Waals surface area (Å²) in [6.45, 7) is 4.52. The van der Waals surface area contributed by atoms with Crippen LogP contribution in [0.2, 0.25) is 0 Å². The third-order valence-corrected chi connectivity index (χ3v) is 6.24. The van der Waals surface area contributed by atoms with Crippen LogP contribution in [-0.4, -0.2) is 20.3 Å². The molecule has 0 fully saturated rings. The molecular formula is C20H19BrN4O2S. The van der Waals surface area contributed by atoms with Gasteiger partial charge in [-0.3, -0.25) is 0 Å². The summed E-state index contributed by atoms with van der Waals surface area (Å²) in [4.78, 5) is 9.88. The Morgan fingerprint density at radius 3 is 2.82 bits per heavy atom. The minimum atomic E-state index is -0.673. The quantitative estimate of drug-likeness (QED) is 0.435. The number of nitrogens with zero attached hydrogens (tertiary/aromatic N) is 3. The van der Waals surface area contributed by atoms with Gasteiger partial charge in [-0.1, -0.05) is 11.8 Å². The number of hydrogen-bond donors (Lipinski definition) is 1. The molecule has 0 spiro atoms. The van der Waals surface area contributed by atoms with Crippen molar-refractivity contribution < 1.29 is 9.47 Å². The van der Waals surface area contributed by atoms with E-state index in [-0.39, 0.29) is 0 Å². The minimum absolute atomic E-state index is 0.418. The molecule has 0 saturated heterocycles. The first-order valence-electron chi connectivity index (χ1n) is 8.81. The van der Waals surface area contributed by atoms with Gasteiger partial charge >= 0.3 is 0 Å². The zero-order chi connectivity index (χ0) is 19.9. The molecule has 0 amide bonds. The van der Waals surface area contributed by atoms with Gasteiger partial charge in [0.25, 0.3) is 0 Å². The second-order valence-corrected chi connectivity index (χ2v) is 8.72. The van der Waals surface area contributed by atoms with Crippen LogP contribution in [0, 0.1) is 12.3 Å². The number of pyridine rings is 1. The second kappa shape index (κ2) is 7.22. The van der Waals surface area contributed by atoms with Crippen molar-refractivity contribution in [3.8, 4) is 23.8 Å². The van der Waals surface area contributed by atoms with Gasteiger partial charge in [0.15, 0.2) is 22.5 Å². The van der Waals surface area contributed by atoms with Crippen LogP contribution in [0.1, 0.15) is 26.7 Å². The van der Waals surface area contributed by atoms with Gasteiger partial charge in [0.2, 0.25) is 5.79 Å². The third-order valence-electron chi connectivity index (χ3n) is 4.27. The van der Waals surface area contributed by atoms with E-state index in [1.807, 2.05) is 32.0 Å². The highest BCUT2D eigenvalue weighted by Crippen LogP contribution is 2.46. The summed E-state index contributed by atoms with van der Waals surface area (Å²) in [7, 11) is 0. The van der Waals surface area contributed by atoms with E-state index in [0.717, 1.165) is 38.8 Å². The van der Waals surface area contributed by atoms with Crippen molar-refractivity contribution in [3.05, 3.63) is 28.9 Å². The van der Waals surface area contributed by atoms with Crippen LogP contribution in [0.25, 0.3) is 11.0 Å². The molecule has 0 bridgehead atoms. The molecule has 3 aromatic rings. The van der Waals surface area contributed by atoms with Crippen LogP contribution >= 0.6 is 27.7 Å². The summed E-state index contributed by atoms with van der Waals surface area (Å²) < 4.78 is 14.7. The maximum atomic E-state index is 6.05. The number of aromatic nitrogens is 3. The molecule has 0 saturated carbocycles. The number of aryl methyl sites for hydroxylation is 1. The summed E-state index contributed by atoms with van der Waals surface area (Å²) in [5.41, 5.74) is 7.69. The topological polar surface area (TPSA) is 75.2 Å². The smallest absolute Gasteiger partial charge is 0.246 e. The maximum Gasteiger partial charge on any atom is 0.246 e. The minimum Gasteiger partial charge on any atom is -0.449 e. The summed E-state index contributed by atoms with van der Waals surface area (Å²) in [5, 5.41) is 0.825. The Hall–Kier alpha value is -2.37. The number of anilines is 1. The van der Waals surface area contributed by atoms with Crippen LogP contribution in [-0.2, 0) is 6.54 Å². The first kappa shape index (κ1) is 19.0. The van der Waals surface area contributed by atoms with Gasteiger partial charge in [-0.15, -0.1) is 12.3 Å². The fourth-order valence-corrected chi connectivity index (χ4v) is 4.61. The number of imidazole rings is 1. The van der Waals surface area contributed by atoms with Crippen molar-refractivity contribution in [3.63, 3.8) is 0 Å². The van der Waals surface area contributed by atoms with Crippen LogP contribution in [0.3, 0.4) is 0 Å². The van der Waals surface area contributed by atoms with E-state index in [2.05, 4.69) is 31.4 Å². The van der Waals surface area contributed by atoms with Gasteiger partial charge in [-0.2, -0.15) is 0 Å². The number of hydrogen-bond acceptors (Lipinski definition) is 6. The highest BCUT2D eigenvalue weighted by atomic mass is 79.9. The number of rotatable bonds is 5. The van der Waals surface area contributed by atoms with Crippen molar-refractivity contribution in [1.82, 2.24) is 14.5 Å². The Bertz CT molecular complexity index is 1100. The predicted octanol–water partition coefficient (Wildman–Crippen LogP) is 4.85. The largest absolute Gasteiger partial charge is 0.449 e. The van der Waals surface area contributed by atoms with Gasteiger partial charge in [-0.25, -0.2) is 9.97 Å². The SMILES string of the molecule is C#CCCCn1c(Sc2cc3c(cc2Br)OC(C)(C)O3)nc2c(N)nccc21. The monoisotopic (exact) mass is 458 g/mol. The van der Waals surface area contributed by atoms with Gasteiger partial charge in [0.1, 0.15) is 5.52 Å². The number of terminal acetylenes is 1. The maximum absolute atomic E-state index is 6.05. The summed E-state index contributed by atoms with van der Waals surface area (Å²) in [6, 6.07) is 5.81. The zero-order valence-electron chi connectivity index (χ0n) is 15.5. The van der Waals surface area contributed by atoms with Gasteiger partial charge < -0.3 is 19.8 Å². The molecule has 8 heteroatoms. The Kier molecular flexibility index (Phi) is 4.89. The summed E-state index contributed by atoms with van der Waals surface area (Å²) in [5.74, 6) is 3.87. The average Bonchev–Trinajstić information content (AvgIpc) is 3.12. The van der Waals surface area contributed by atoms with Crippen molar-refractivity contribution >= 4 is 44.5 Å². The molecule has 144 valence electrons. The molecule has 0 aliphatic carbocycles. The molecule has 28 heavy (non-hydrogen) atoms. The Labute approximate surface area is 175 Å². The number of nitrogen functional groups attached to an aromatic ring is 1. The third kappa shape index (κ3) is 3.52. The number of fused-ring (bicyclic) bond motifs is 2. The highest BCUT2D eigenvalue weighted by molar-refractivity contribution is 9.10. The van der Waals surface area contributed by atoms with Crippen molar-refractivity contribution in [1.29, 1.82) is 0 Å². The fraction of sp³-hybridized carbons (Fsp3) is 0.300. The van der Waals surface area contributed by atoms with E-state index < -0.39 is 5.79 Å². The molecule has 1 aromatic carbocycles. The first-order chi connectivity index (χ1) is 13.4. The number of unbranched alkanes of at least 4 members (excludes halogenated alkanes) is 1. The lowest BCUT2D eigenvalue weighted by Gasteiger charge is -2.16. The second-order valence-electron chi connectivity index (χ2n) is 6.85. The number of benzene rings is 1. The average molecular weight is 459 g/mol. The van der Waals surface area contributed by atoms with Crippen molar-refractivity contribution in [2.75, 3.05) is 5.73 Å². The number of ether oxygens (including phenoxy) is 2. The molecule has 3 heterocycles. The van der Waals surface area contributed by atoms with E-state index in [9.17, 15) is 0 Å². The Balaban J connectivity index is 1.73. The molecule has 1 aliphatic rings. The van der Waals surface area contributed by atoms with E-state index in [1.165, 1.54) is 11.8 Å². The standard InChI is InChI=1S/C20H19BrN4O2S/c1-4-5-6-9-25-13-7-8-23-18(22)17(13)24-19(25)28-16-11-15-14(10-12(16)21)26-20(2,3)27-15/h1,7-8,10-11H,5-6,9H2,2-3H3,(H2,22,23). The fourth-order valence-electron chi connectivity index (χ4n) is 3.09. The van der Waals surface area contributed by atoms with E-state index >= 15 is 0 Å². The predicted molar refractivity (Wildman–Crippen MR) is 114 cm³/mol. The van der Waals surface area contributed by atoms with Crippen molar-refractivity contribution in [2.45, 2.75) is 49.1 Å². The lowest BCUT2D eigenvalue weighted by molar-refractivity contribution is -0.0432. The molecule has 0 radical (unpaired) electrons. The summed E-state index contributed by atoms with van der Waals surface area (Å²) >= 11 is 5.17. The van der Waals surface area contributed by atoms with Crippen LogP contribution in [0.4, 0.5) is 5.82 Å². The lowest BCUT2D eigenvalue weighted by Crippen LogP contribution is -2.29. The van der Waals surface area contributed by atoms with Gasteiger partial charge in [-0.05, 0) is 40.5 Å². The molecule has 0 atom stereocenters. The summed E-state index contributed by atoms with van der Waals surface area (Å²) in [6.07, 6.45) is 8.67. The molecule has 6 nitrogen and oxygen atoms in total. The number of halogens is 1. The molecular weight excluding hydrogens is 440 g/mol. The van der Waals surface area contributed by atoms with Crippen LogP contribution in [0.5, 0.6) is 11.5 Å². The highest BCUT2D eigenvalue weighted by Gasteiger charge is 2.32. The number of nitrogens with two attached hydrogens (primary N) is 1. The van der Waals surface area contributed by atoms with Gasteiger partial charge in [0.05, 0.1) is 5.52 Å². The van der Waals surface area contributed by atoms with Crippen LogP contribution < -0.4 is 15.2 Å². The normalized spacial score (nSPS) is 14.4. The zero-order valence-corrected chi connectivity index (χ0v) is 17.9. The Morgan fingerprint density at radius 2 is 2.07 bits per heavy atom. The molecule has 2 aromatic heterocycles. The molecule has 0 unspecified atom stereocenters. The van der Waals surface area contributed by atoms with Crippen LogP contribution in [0.15, 0.2) is 38.9 Å². The first-order valence-corrected chi connectivity index (χ1v) is 10.4. The van der Waals surface area contributed by atoms with Gasteiger partial charge in [0, 0.05) is 42.4 Å². The molecule has 2 N–H and O–H groups in total. The van der Waals surface area contributed by atoms with E-state index in [0.29, 0.717) is 23.5 Å². The van der Waals surface area contributed by atoms with E-state index in [1.54, 1.807) is 6.20 Å². The molecule has 1 aliphatic heterocycles. The molecule has 4 rings (SSSR count). The van der Waals surface area contributed by atoms with Crippen molar-refractivity contribution in [2.24, 2.45) is 0 Å².